The fourth-order valence-corrected chi connectivity index (χ4v) is 3.99. The molecule has 1 unspecified atom stereocenters. The van der Waals surface area contributed by atoms with Gasteiger partial charge in [-0.1, -0.05) is 19.4 Å². The zero-order chi connectivity index (χ0) is 15.1. The summed E-state index contributed by atoms with van der Waals surface area (Å²) in [5.74, 6) is 0. The molecule has 21 heavy (non-hydrogen) atoms. The number of aromatic nitrogens is 1. The minimum Gasteiger partial charge on any atom is -0.315 e. The molecule has 0 amide bonds. The number of hydrogen-bond acceptors (Lipinski definition) is 4. The summed E-state index contributed by atoms with van der Waals surface area (Å²) in [7, 11) is -3.46. The number of hydrogen-bond donors (Lipinski definition) is 2. The molecule has 1 aliphatic rings. The Morgan fingerprint density at radius 2 is 2.24 bits per heavy atom. The van der Waals surface area contributed by atoms with Crippen molar-refractivity contribution in [2.24, 2.45) is 0 Å². The van der Waals surface area contributed by atoms with Crippen LogP contribution in [0, 0.1) is 0 Å². The molecule has 0 radical (unpaired) electrons. The Morgan fingerprint density at radius 1 is 1.38 bits per heavy atom. The quantitative estimate of drug-likeness (QED) is 0.784. The lowest BCUT2D eigenvalue weighted by Gasteiger charge is -2.34. The predicted molar refractivity (Wildman–Crippen MR) is 82.9 cm³/mol. The SMILES string of the molecule is CCNCC1CCCCN1S(=O)(=O)NCc1ccccn1. The van der Waals surface area contributed by atoms with E-state index in [0.29, 0.717) is 13.1 Å². The standard InChI is InChI=1S/C14H24N4O2S/c1-2-15-12-14-8-4-6-10-18(14)21(19,20)17-11-13-7-3-5-9-16-13/h3,5,7,9,14-15,17H,2,4,6,8,10-12H2,1H3. The number of likely N-dealkylation sites (N-methyl/N-ethyl adjacent to an activating group) is 1. The summed E-state index contributed by atoms with van der Waals surface area (Å²) in [6, 6.07) is 5.52. The second-order valence-corrected chi connectivity index (χ2v) is 6.92. The molecule has 2 N–H and O–H groups in total. The lowest BCUT2D eigenvalue weighted by Crippen LogP contribution is -2.52. The van der Waals surface area contributed by atoms with Gasteiger partial charge in [0.25, 0.3) is 10.2 Å². The smallest absolute Gasteiger partial charge is 0.280 e. The molecule has 2 heterocycles. The van der Waals surface area contributed by atoms with Crippen molar-refractivity contribution in [3.8, 4) is 0 Å². The molecule has 1 aliphatic heterocycles. The molecule has 0 spiro atoms. The van der Waals surface area contributed by atoms with E-state index in [0.717, 1.165) is 31.5 Å². The van der Waals surface area contributed by atoms with Gasteiger partial charge in [0.15, 0.2) is 0 Å². The van der Waals surface area contributed by atoms with Crippen LogP contribution in [0.3, 0.4) is 0 Å². The summed E-state index contributed by atoms with van der Waals surface area (Å²) < 4.78 is 29.2. The third-order valence-electron chi connectivity index (χ3n) is 3.67. The highest BCUT2D eigenvalue weighted by Crippen LogP contribution is 2.19. The lowest BCUT2D eigenvalue weighted by molar-refractivity contribution is 0.243. The van der Waals surface area contributed by atoms with E-state index in [1.807, 2.05) is 25.1 Å². The second-order valence-electron chi connectivity index (χ2n) is 5.22. The molecule has 1 atom stereocenters. The number of nitrogens with one attached hydrogen (secondary N) is 2. The van der Waals surface area contributed by atoms with Crippen LogP contribution in [-0.4, -0.2) is 43.4 Å². The van der Waals surface area contributed by atoms with Gasteiger partial charge in [-0.3, -0.25) is 4.98 Å². The van der Waals surface area contributed by atoms with Crippen LogP contribution in [0.15, 0.2) is 24.4 Å². The number of piperidine rings is 1. The van der Waals surface area contributed by atoms with Crippen LogP contribution >= 0.6 is 0 Å². The van der Waals surface area contributed by atoms with Crippen LogP contribution in [0.5, 0.6) is 0 Å². The van der Waals surface area contributed by atoms with Gasteiger partial charge in [0, 0.05) is 25.3 Å². The Hall–Kier alpha value is -1.02. The molecule has 0 aromatic carbocycles. The highest BCUT2D eigenvalue weighted by Gasteiger charge is 2.31. The highest BCUT2D eigenvalue weighted by molar-refractivity contribution is 7.87. The van der Waals surface area contributed by atoms with E-state index < -0.39 is 10.2 Å². The zero-order valence-corrected chi connectivity index (χ0v) is 13.3. The van der Waals surface area contributed by atoms with E-state index in [4.69, 9.17) is 0 Å². The van der Waals surface area contributed by atoms with Crippen molar-refractivity contribution in [3.05, 3.63) is 30.1 Å². The first-order valence-electron chi connectivity index (χ1n) is 7.50. The van der Waals surface area contributed by atoms with Crippen LogP contribution in [0.1, 0.15) is 31.9 Å². The first-order valence-corrected chi connectivity index (χ1v) is 8.94. The molecule has 6 nitrogen and oxygen atoms in total. The molecular formula is C14H24N4O2S. The van der Waals surface area contributed by atoms with E-state index >= 15 is 0 Å². The van der Waals surface area contributed by atoms with Gasteiger partial charge in [-0.15, -0.1) is 0 Å². The molecule has 118 valence electrons. The zero-order valence-electron chi connectivity index (χ0n) is 12.5. The van der Waals surface area contributed by atoms with E-state index in [9.17, 15) is 8.42 Å². The van der Waals surface area contributed by atoms with E-state index in [1.165, 1.54) is 0 Å². The van der Waals surface area contributed by atoms with E-state index in [-0.39, 0.29) is 12.6 Å². The monoisotopic (exact) mass is 312 g/mol. The first-order chi connectivity index (χ1) is 10.1. The molecule has 0 aliphatic carbocycles. The normalized spacial score (nSPS) is 20.5. The largest absolute Gasteiger partial charge is 0.315 e. The van der Waals surface area contributed by atoms with Gasteiger partial charge in [0.05, 0.1) is 12.2 Å². The Morgan fingerprint density at radius 3 is 2.95 bits per heavy atom. The van der Waals surface area contributed by atoms with Crippen LogP contribution in [-0.2, 0) is 16.8 Å². The van der Waals surface area contributed by atoms with Crippen molar-refractivity contribution in [1.29, 1.82) is 0 Å². The van der Waals surface area contributed by atoms with Crippen LogP contribution in [0.2, 0.25) is 0 Å². The average Bonchev–Trinajstić information content (AvgIpc) is 2.52. The second kappa shape index (κ2) is 7.84. The topological polar surface area (TPSA) is 74.3 Å². The minimum absolute atomic E-state index is 0.0416. The summed E-state index contributed by atoms with van der Waals surface area (Å²) in [5.41, 5.74) is 0.723. The summed E-state index contributed by atoms with van der Waals surface area (Å²) in [4.78, 5) is 4.14. The Labute approximate surface area is 127 Å². The maximum Gasteiger partial charge on any atom is 0.280 e. The Bertz CT molecular complexity index is 521. The van der Waals surface area contributed by atoms with Gasteiger partial charge in [0.1, 0.15) is 0 Å². The average molecular weight is 312 g/mol. The summed E-state index contributed by atoms with van der Waals surface area (Å²) in [6.07, 6.45) is 4.59. The molecule has 0 saturated carbocycles. The fraction of sp³-hybridized carbons (Fsp3) is 0.643. The van der Waals surface area contributed by atoms with Gasteiger partial charge < -0.3 is 5.32 Å². The molecular weight excluding hydrogens is 288 g/mol. The maximum absolute atomic E-state index is 12.5. The summed E-state index contributed by atoms with van der Waals surface area (Å²) in [6.45, 7) is 4.41. The number of nitrogens with zero attached hydrogens (tertiary/aromatic N) is 2. The number of rotatable bonds is 7. The number of pyridine rings is 1. The molecule has 0 bridgehead atoms. The third kappa shape index (κ3) is 4.74. The molecule has 1 aromatic heterocycles. The third-order valence-corrected chi connectivity index (χ3v) is 5.28. The van der Waals surface area contributed by atoms with Crippen molar-refractivity contribution in [3.63, 3.8) is 0 Å². The molecule has 7 heteroatoms. The van der Waals surface area contributed by atoms with Crippen LogP contribution in [0.25, 0.3) is 0 Å². The highest BCUT2D eigenvalue weighted by atomic mass is 32.2. The van der Waals surface area contributed by atoms with Crippen molar-refractivity contribution < 1.29 is 8.42 Å². The van der Waals surface area contributed by atoms with E-state index in [1.54, 1.807) is 10.5 Å². The fourth-order valence-electron chi connectivity index (χ4n) is 2.56. The summed E-state index contributed by atoms with van der Waals surface area (Å²) >= 11 is 0. The summed E-state index contributed by atoms with van der Waals surface area (Å²) in [5, 5.41) is 3.25. The van der Waals surface area contributed by atoms with Gasteiger partial charge in [0.2, 0.25) is 0 Å². The van der Waals surface area contributed by atoms with Crippen LogP contribution in [0.4, 0.5) is 0 Å². The molecule has 1 saturated heterocycles. The van der Waals surface area contributed by atoms with Crippen molar-refractivity contribution >= 4 is 10.2 Å². The molecule has 1 aromatic rings. The predicted octanol–water partition coefficient (Wildman–Crippen LogP) is 0.880. The molecule has 1 fully saturated rings. The van der Waals surface area contributed by atoms with Gasteiger partial charge in [-0.25, -0.2) is 0 Å². The van der Waals surface area contributed by atoms with Gasteiger partial charge >= 0.3 is 0 Å². The van der Waals surface area contributed by atoms with Gasteiger partial charge in [-0.05, 0) is 31.5 Å². The van der Waals surface area contributed by atoms with Crippen molar-refractivity contribution in [1.82, 2.24) is 19.3 Å². The van der Waals surface area contributed by atoms with Gasteiger partial charge in [-0.2, -0.15) is 17.4 Å². The van der Waals surface area contributed by atoms with Crippen LogP contribution < -0.4 is 10.0 Å². The first kappa shape index (κ1) is 16.4. The minimum atomic E-state index is -3.46. The van der Waals surface area contributed by atoms with Crippen molar-refractivity contribution in [2.45, 2.75) is 38.8 Å². The lowest BCUT2D eigenvalue weighted by atomic mass is 10.1. The molecule has 2 rings (SSSR count). The van der Waals surface area contributed by atoms with E-state index in [2.05, 4.69) is 15.0 Å². The maximum atomic E-state index is 12.5. The van der Waals surface area contributed by atoms with Crippen molar-refractivity contribution in [2.75, 3.05) is 19.6 Å². The Kier molecular flexibility index (Phi) is 6.10. The Balaban J connectivity index is 1.98.